The summed E-state index contributed by atoms with van der Waals surface area (Å²) < 4.78 is 2.07. The third-order valence-corrected chi connectivity index (χ3v) is 5.11. The maximum Gasteiger partial charge on any atom is 0.160 e. The predicted molar refractivity (Wildman–Crippen MR) is 91.0 cm³/mol. The Morgan fingerprint density at radius 2 is 2.21 bits per heavy atom. The van der Waals surface area contributed by atoms with Gasteiger partial charge >= 0.3 is 0 Å². The monoisotopic (exact) mass is 320 g/mol. The normalized spacial score (nSPS) is 16.5. The number of nitrogens with one attached hydrogen (secondary N) is 1. The lowest BCUT2D eigenvalue weighted by Gasteiger charge is -2.23. The minimum Gasteiger partial charge on any atom is -0.345 e. The Bertz CT molecular complexity index is 865. The highest BCUT2D eigenvalue weighted by Gasteiger charge is 2.27. The van der Waals surface area contributed by atoms with Crippen LogP contribution in [0.2, 0.25) is 0 Å². The van der Waals surface area contributed by atoms with Crippen molar-refractivity contribution in [1.29, 1.82) is 5.26 Å². The summed E-state index contributed by atoms with van der Waals surface area (Å²) in [6, 6.07) is 4.62. The van der Waals surface area contributed by atoms with E-state index in [1.165, 1.54) is 25.7 Å². The Morgan fingerprint density at radius 3 is 3.04 bits per heavy atom. The van der Waals surface area contributed by atoms with Gasteiger partial charge in [0, 0.05) is 35.3 Å². The number of hydrogen-bond acceptors (Lipinski definition) is 4. The first-order valence-corrected chi connectivity index (χ1v) is 8.57. The van der Waals surface area contributed by atoms with Crippen LogP contribution in [0.5, 0.6) is 0 Å². The lowest BCUT2D eigenvalue weighted by Crippen LogP contribution is -2.17. The lowest BCUT2D eigenvalue weighted by atomic mass is 9.94. The molecule has 0 radical (unpaired) electrons. The molecule has 1 aliphatic rings. The summed E-state index contributed by atoms with van der Waals surface area (Å²) >= 11 is 0. The molecule has 1 N–H and O–H groups in total. The fourth-order valence-corrected chi connectivity index (χ4v) is 3.90. The largest absolute Gasteiger partial charge is 0.345 e. The molecule has 1 aliphatic carbocycles. The average Bonchev–Trinajstić information content (AvgIpc) is 3.36. The molecule has 1 unspecified atom stereocenters. The van der Waals surface area contributed by atoms with E-state index in [-0.39, 0.29) is 0 Å². The summed E-state index contributed by atoms with van der Waals surface area (Å²) in [7, 11) is 0. The van der Waals surface area contributed by atoms with Crippen molar-refractivity contribution in [1.82, 2.24) is 25.0 Å². The Balaban J connectivity index is 1.67. The van der Waals surface area contributed by atoms with Crippen molar-refractivity contribution in [2.24, 2.45) is 5.92 Å². The van der Waals surface area contributed by atoms with Crippen LogP contribution in [0.15, 0.2) is 30.9 Å². The van der Waals surface area contributed by atoms with E-state index in [0.717, 1.165) is 28.6 Å². The van der Waals surface area contributed by atoms with Gasteiger partial charge in [-0.3, -0.25) is 4.68 Å². The third kappa shape index (κ3) is 2.67. The molecule has 0 aromatic carbocycles. The van der Waals surface area contributed by atoms with Gasteiger partial charge < -0.3 is 4.98 Å². The Labute approximate surface area is 140 Å². The highest BCUT2D eigenvalue weighted by atomic mass is 15.3. The second-order valence-corrected chi connectivity index (χ2v) is 6.52. The summed E-state index contributed by atoms with van der Waals surface area (Å²) in [5.74, 6) is 0.633. The van der Waals surface area contributed by atoms with E-state index in [1.54, 1.807) is 6.20 Å². The van der Waals surface area contributed by atoms with Gasteiger partial charge in [-0.2, -0.15) is 15.5 Å². The van der Waals surface area contributed by atoms with Crippen LogP contribution in [0.1, 0.15) is 44.6 Å². The zero-order valence-corrected chi connectivity index (χ0v) is 13.5. The molecule has 3 aromatic heterocycles. The number of H-pyrrole nitrogens is 1. The van der Waals surface area contributed by atoms with Crippen molar-refractivity contribution in [3.63, 3.8) is 0 Å². The van der Waals surface area contributed by atoms with Crippen molar-refractivity contribution in [2.45, 2.75) is 44.6 Å². The van der Waals surface area contributed by atoms with Crippen molar-refractivity contribution in [2.75, 3.05) is 0 Å². The number of hydrogen-bond donors (Lipinski definition) is 1. The number of aromatic amines is 1. The molecule has 4 rings (SSSR count). The Hall–Kier alpha value is -2.68. The standard InChI is InChI=1S/C18H20N6/c19-8-3-6-17(13-4-1-2-5-13)24-12-14(10-22-24)16-11-21-23-18-15(16)7-9-20-18/h7,9-13,17H,1-6H2,(H,20,23). The first kappa shape index (κ1) is 14.9. The van der Waals surface area contributed by atoms with Crippen LogP contribution in [0.4, 0.5) is 0 Å². The van der Waals surface area contributed by atoms with Crippen molar-refractivity contribution >= 4 is 11.0 Å². The molecule has 0 amide bonds. The van der Waals surface area contributed by atoms with Crippen molar-refractivity contribution in [3.8, 4) is 17.2 Å². The van der Waals surface area contributed by atoms with E-state index in [2.05, 4.69) is 37.2 Å². The van der Waals surface area contributed by atoms with Crippen molar-refractivity contribution < 1.29 is 0 Å². The first-order chi connectivity index (χ1) is 11.9. The predicted octanol–water partition coefficient (Wildman–Crippen LogP) is 3.86. The zero-order chi connectivity index (χ0) is 16.4. The molecule has 6 heteroatoms. The average molecular weight is 320 g/mol. The van der Waals surface area contributed by atoms with E-state index >= 15 is 0 Å². The topological polar surface area (TPSA) is 83.2 Å². The van der Waals surface area contributed by atoms with E-state index in [9.17, 15) is 0 Å². The molecule has 0 spiro atoms. The van der Waals surface area contributed by atoms with E-state index in [4.69, 9.17) is 5.26 Å². The summed E-state index contributed by atoms with van der Waals surface area (Å²) in [5.41, 5.74) is 2.88. The lowest BCUT2D eigenvalue weighted by molar-refractivity contribution is 0.295. The zero-order valence-electron chi connectivity index (χ0n) is 13.5. The Kier molecular flexibility index (Phi) is 3.99. The van der Waals surface area contributed by atoms with Crippen LogP contribution in [0.25, 0.3) is 22.2 Å². The van der Waals surface area contributed by atoms with Crippen LogP contribution in [0.3, 0.4) is 0 Å². The number of aromatic nitrogens is 5. The number of rotatable bonds is 5. The number of nitrogens with zero attached hydrogens (tertiary/aromatic N) is 5. The van der Waals surface area contributed by atoms with Crippen LogP contribution in [-0.4, -0.2) is 25.0 Å². The molecule has 24 heavy (non-hydrogen) atoms. The highest BCUT2D eigenvalue weighted by Crippen LogP contribution is 2.37. The van der Waals surface area contributed by atoms with Gasteiger partial charge in [0.15, 0.2) is 5.65 Å². The van der Waals surface area contributed by atoms with Gasteiger partial charge in [0.1, 0.15) is 0 Å². The van der Waals surface area contributed by atoms with Crippen molar-refractivity contribution in [3.05, 3.63) is 30.9 Å². The summed E-state index contributed by atoms with van der Waals surface area (Å²) in [4.78, 5) is 3.10. The summed E-state index contributed by atoms with van der Waals surface area (Å²) in [5, 5.41) is 22.9. The minimum atomic E-state index is 0.317. The molecular weight excluding hydrogens is 300 g/mol. The number of fused-ring (bicyclic) bond motifs is 1. The SMILES string of the molecule is N#CCCC(C1CCCC1)n1cc(-c2cnnc3[nH]ccc23)cn1. The molecule has 0 aliphatic heterocycles. The van der Waals surface area contributed by atoms with Crippen LogP contribution in [-0.2, 0) is 0 Å². The smallest absolute Gasteiger partial charge is 0.160 e. The molecule has 1 fully saturated rings. The van der Waals surface area contributed by atoms with Gasteiger partial charge in [-0.1, -0.05) is 12.8 Å². The molecule has 1 saturated carbocycles. The van der Waals surface area contributed by atoms with E-state index < -0.39 is 0 Å². The first-order valence-electron chi connectivity index (χ1n) is 8.57. The van der Waals surface area contributed by atoms with Gasteiger partial charge in [-0.05, 0) is 31.2 Å². The fraction of sp³-hybridized carbons (Fsp3) is 0.444. The quantitative estimate of drug-likeness (QED) is 0.774. The molecule has 6 nitrogen and oxygen atoms in total. The fourth-order valence-electron chi connectivity index (χ4n) is 3.90. The van der Waals surface area contributed by atoms with Gasteiger partial charge in [0.05, 0.1) is 24.5 Å². The van der Waals surface area contributed by atoms with Crippen LogP contribution in [0, 0.1) is 17.2 Å². The minimum absolute atomic E-state index is 0.317. The maximum absolute atomic E-state index is 8.98. The maximum atomic E-state index is 8.98. The van der Waals surface area contributed by atoms with E-state index in [1.807, 2.05) is 18.5 Å². The van der Waals surface area contributed by atoms with Gasteiger partial charge in [-0.15, -0.1) is 5.10 Å². The highest BCUT2D eigenvalue weighted by molar-refractivity contribution is 5.91. The molecule has 1 atom stereocenters. The molecule has 3 heterocycles. The molecule has 122 valence electrons. The van der Waals surface area contributed by atoms with Gasteiger partial charge in [0.2, 0.25) is 0 Å². The third-order valence-electron chi connectivity index (χ3n) is 5.11. The number of nitriles is 1. The molecule has 0 saturated heterocycles. The van der Waals surface area contributed by atoms with Crippen LogP contribution < -0.4 is 0 Å². The summed E-state index contributed by atoms with van der Waals surface area (Å²) in [6.45, 7) is 0. The summed E-state index contributed by atoms with van der Waals surface area (Å²) in [6.07, 6.45) is 14.2. The van der Waals surface area contributed by atoms with Gasteiger partial charge in [0.25, 0.3) is 0 Å². The molecular formula is C18H20N6. The van der Waals surface area contributed by atoms with Crippen LogP contribution >= 0.6 is 0 Å². The van der Waals surface area contributed by atoms with E-state index in [0.29, 0.717) is 18.4 Å². The molecule has 0 bridgehead atoms. The molecule has 3 aromatic rings. The second kappa shape index (κ2) is 6.44. The second-order valence-electron chi connectivity index (χ2n) is 6.52. The van der Waals surface area contributed by atoms with Gasteiger partial charge in [-0.25, -0.2) is 0 Å². The Morgan fingerprint density at radius 1 is 1.33 bits per heavy atom.